The highest BCUT2D eigenvalue weighted by atomic mass is 32.1. The maximum atomic E-state index is 12.8. The number of thiazole rings is 1. The first-order chi connectivity index (χ1) is 14.1. The first-order valence-corrected chi connectivity index (χ1v) is 9.89. The first-order valence-electron chi connectivity index (χ1n) is 9.01. The number of nitrogens with zero attached hydrogens (tertiary/aromatic N) is 2. The van der Waals surface area contributed by atoms with Crippen LogP contribution >= 0.6 is 11.3 Å². The number of hydrogen-bond acceptors (Lipinski definition) is 6. The molecule has 4 aromatic rings. The van der Waals surface area contributed by atoms with E-state index in [-0.39, 0.29) is 17.7 Å². The van der Waals surface area contributed by atoms with Crippen LogP contribution in [0.5, 0.6) is 0 Å². The van der Waals surface area contributed by atoms with Crippen LogP contribution in [0.1, 0.15) is 28.0 Å². The lowest BCUT2D eigenvalue weighted by Gasteiger charge is -2.08. The summed E-state index contributed by atoms with van der Waals surface area (Å²) in [6.07, 6.45) is 0.831. The average Bonchev–Trinajstić information content (AvgIpc) is 3.20. The molecule has 0 aliphatic carbocycles. The van der Waals surface area contributed by atoms with E-state index in [1.165, 1.54) is 29.5 Å². The zero-order valence-corrected chi connectivity index (χ0v) is 16.4. The Morgan fingerprint density at radius 2 is 1.97 bits per heavy atom. The number of carbonyl (C=O) groups excluding carboxylic acids is 1. The fraction of sp³-hybridized carbons (Fsp3) is 0.143. The topological polar surface area (TPSA) is 94.0 Å². The maximum absolute atomic E-state index is 12.8. The average molecular weight is 407 g/mol. The minimum atomic E-state index is -0.575. The summed E-state index contributed by atoms with van der Waals surface area (Å²) < 4.78 is 6.37. The van der Waals surface area contributed by atoms with Gasteiger partial charge in [0.05, 0.1) is 32.9 Å². The number of rotatable bonds is 5. The summed E-state index contributed by atoms with van der Waals surface area (Å²) in [5.74, 6) is -0.550. The minimum absolute atomic E-state index is 0.0689. The lowest BCUT2D eigenvalue weighted by molar-refractivity contribution is 0.0468. The van der Waals surface area contributed by atoms with Crippen LogP contribution in [0.2, 0.25) is 0 Å². The molecule has 0 spiro atoms. The van der Waals surface area contributed by atoms with E-state index in [1.54, 1.807) is 30.3 Å². The van der Waals surface area contributed by atoms with E-state index >= 15 is 0 Å². The molecule has 0 unspecified atom stereocenters. The molecule has 0 bridgehead atoms. The molecule has 0 atom stereocenters. The van der Waals surface area contributed by atoms with Crippen molar-refractivity contribution in [2.75, 3.05) is 0 Å². The van der Waals surface area contributed by atoms with Crippen LogP contribution < -0.4 is 11.2 Å². The summed E-state index contributed by atoms with van der Waals surface area (Å²) in [6.45, 7) is 2.08. The van der Waals surface area contributed by atoms with E-state index < -0.39 is 17.2 Å². The van der Waals surface area contributed by atoms with Gasteiger partial charge >= 0.3 is 11.7 Å². The SMILES string of the molecule is CCc1nc(COC(=O)c2ccc3c(=O)n(-c4ccccc4)c(=O)[nH]c3c2)cs1. The van der Waals surface area contributed by atoms with Gasteiger partial charge in [0.1, 0.15) is 6.61 Å². The number of aryl methyl sites for hydroxylation is 1. The Labute approximate surface area is 169 Å². The lowest BCUT2D eigenvalue weighted by Crippen LogP contribution is -2.33. The van der Waals surface area contributed by atoms with E-state index in [4.69, 9.17) is 4.74 Å². The zero-order chi connectivity index (χ0) is 20.4. The van der Waals surface area contributed by atoms with Gasteiger partial charge in [-0.25, -0.2) is 19.1 Å². The molecule has 2 aromatic carbocycles. The second-order valence-corrected chi connectivity index (χ2v) is 7.27. The van der Waals surface area contributed by atoms with Gasteiger partial charge in [0.2, 0.25) is 0 Å². The molecule has 0 aliphatic heterocycles. The van der Waals surface area contributed by atoms with Gasteiger partial charge in [-0.15, -0.1) is 11.3 Å². The number of esters is 1. The molecule has 4 rings (SSSR count). The van der Waals surface area contributed by atoms with Crippen molar-refractivity contribution in [2.45, 2.75) is 20.0 Å². The Balaban J connectivity index is 1.63. The Morgan fingerprint density at radius 1 is 1.17 bits per heavy atom. The van der Waals surface area contributed by atoms with E-state index in [0.29, 0.717) is 16.8 Å². The van der Waals surface area contributed by atoms with Gasteiger partial charge in [0.15, 0.2) is 0 Å². The molecule has 2 heterocycles. The molecule has 7 nitrogen and oxygen atoms in total. The number of aromatic nitrogens is 3. The fourth-order valence-electron chi connectivity index (χ4n) is 2.96. The molecule has 0 amide bonds. The van der Waals surface area contributed by atoms with Gasteiger partial charge < -0.3 is 9.72 Å². The van der Waals surface area contributed by atoms with Crippen molar-refractivity contribution in [2.24, 2.45) is 0 Å². The summed E-state index contributed by atoms with van der Waals surface area (Å²) in [7, 11) is 0. The van der Waals surface area contributed by atoms with Crippen molar-refractivity contribution >= 4 is 28.2 Å². The summed E-state index contributed by atoms with van der Waals surface area (Å²) in [5.41, 5.74) is 0.664. The van der Waals surface area contributed by atoms with Crippen LogP contribution in [0, 0.1) is 0 Å². The summed E-state index contributed by atoms with van der Waals surface area (Å²) in [4.78, 5) is 44.6. The van der Waals surface area contributed by atoms with Crippen LogP contribution in [0.3, 0.4) is 0 Å². The molecule has 2 aromatic heterocycles. The number of benzene rings is 2. The minimum Gasteiger partial charge on any atom is -0.456 e. The third kappa shape index (κ3) is 3.74. The van der Waals surface area contributed by atoms with Gasteiger partial charge in [-0.05, 0) is 36.8 Å². The molecule has 0 saturated heterocycles. The number of ether oxygens (including phenoxy) is 1. The van der Waals surface area contributed by atoms with E-state index in [9.17, 15) is 14.4 Å². The number of nitrogens with one attached hydrogen (secondary N) is 1. The number of para-hydroxylation sites is 1. The molecule has 0 saturated carbocycles. The van der Waals surface area contributed by atoms with Gasteiger partial charge in [-0.3, -0.25) is 4.79 Å². The second kappa shape index (κ2) is 7.84. The second-order valence-electron chi connectivity index (χ2n) is 6.33. The van der Waals surface area contributed by atoms with Crippen molar-refractivity contribution < 1.29 is 9.53 Å². The molecule has 0 fully saturated rings. The van der Waals surface area contributed by atoms with Crippen molar-refractivity contribution in [1.29, 1.82) is 0 Å². The Bertz CT molecular complexity index is 1310. The first kappa shape index (κ1) is 18.8. The van der Waals surface area contributed by atoms with Crippen LogP contribution in [-0.4, -0.2) is 20.5 Å². The highest BCUT2D eigenvalue weighted by Crippen LogP contribution is 2.14. The molecular weight excluding hydrogens is 390 g/mol. The Kier molecular flexibility index (Phi) is 5.09. The molecule has 0 radical (unpaired) electrons. The van der Waals surface area contributed by atoms with Crippen LogP contribution in [0.15, 0.2) is 63.5 Å². The van der Waals surface area contributed by atoms with Gasteiger partial charge in [0.25, 0.3) is 5.56 Å². The summed E-state index contributed by atoms with van der Waals surface area (Å²) in [6, 6.07) is 13.1. The van der Waals surface area contributed by atoms with Crippen LogP contribution in [-0.2, 0) is 17.8 Å². The van der Waals surface area contributed by atoms with Gasteiger partial charge in [-0.1, -0.05) is 25.1 Å². The van der Waals surface area contributed by atoms with E-state index in [0.717, 1.165) is 16.0 Å². The number of carbonyl (C=O) groups is 1. The zero-order valence-electron chi connectivity index (χ0n) is 15.5. The quantitative estimate of drug-likeness (QED) is 0.513. The van der Waals surface area contributed by atoms with Gasteiger partial charge in [0, 0.05) is 5.38 Å². The molecule has 1 N–H and O–H groups in total. The highest BCUT2D eigenvalue weighted by molar-refractivity contribution is 7.09. The van der Waals surface area contributed by atoms with Crippen LogP contribution in [0.4, 0.5) is 0 Å². The molecule has 146 valence electrons. The van der Waals surface area contributed by atoms with Gasteiger partial charge in [-0.2, -0.15) is 0 Å². The monoisotopic (exact) mass is 407 g/mol. The largest absolute Gasteiger partial charge is 0.456 e. The van der Waals surface area contributed by atoms with E-state index in [2.05, 4.69) is 9.97 Å². The molecule has 0 aliphatic rings. The van der Waals surface area contributed by atoms with Crippen molar-refractivity contribution in [1.82, 2.24) is 14.5 Å². The fourth-order valence-corrected chi connectivity index (χ4v) is 3.69. The number of fused-ring (bicyclic) bond motifs is 1. The maximum Gasteiger partial charge on any atom is 0.338 e. The normalized spacial score (nSPS) is 10.9. The lowest BCUT2D eigenvalue weighted by atomic mass is 10.1. The molecule has 29 heavy (non-hydrogen) atoms. The Hall–Kier alpha value is -3.52. The van der Waals surface area contributed by atoms with Crippen molar-refractivity contribution in [3.8, 4) is 5.69 Å². The van der Waals surface area contributed by atoms with Crippen LogP contribution in [0.25, 0.3) is 16.6 Å². The van der Waals surface area contributed by atoms with Crippen molar-refractivity contribution in [3.63, 3.8) is 0 Å². The number of H-pyrrole nitrogens is 1. The molecular formula is C21H17N3O4S. The predicted molar refractivity (Wildman–Crippen MR) is 111 cm³/mol. The number of aromatic amines is 1. The van der Waals surface area contributed by atoms with Crippen molar-refractivity contribution in [3.05, 3.63) is 91.0 Å². The Morgan fingerprint density at radius 3 is 2.69 bits per heavy atom. The standard InChI is InChI=1S/C21H17N3O4S/c1-2-18-22-14(12-29-18)11-28-20(26)13-8-9-16-17(10-13)23-21(27)24(19(16)25)15-6-4-3-5-7-15/h3-10,12H,2,11H2,1H3,(H,23,27). The third-order valence-electron chi connectivity index (χ3n) is 4.40. The smallest absolute Gasteiger partial charge is 0.338 e. The predicted octanol–water partition coefficient (Wildman–Crippen LogP) is 3.05. The summed E-state index contributed by atoms with van der Waals surface area (Å²) >= 11 is 1.52. The molecule has 8 heteroatoms. The summed E-state index contributed by atoms with van der Waals surface area (Å²) in [5, 5.41) is 3.14. The number of hydrogen-bond donors (Lipinski definition) is 1. The third-order valence-corrected chi connectivity index (χ3v) is 5.44. The highest BCUT2D eigenvalue weighted by Gasteiger charge is 2.14. The van der Waals surface area contributed by atoms with E-state index in [1.807, 2.05) is 12.3 Å².